The molecule has 4 aromatic rings. The van der Waals surface area contributed by atoms with E-state index in [4.69, 9.17) is 39.8 Å². The maximum absolute atomic E-state index is 12.5. The first-order chi connectivity index (χ1) is 15.8. The summed E-state index contributed by atoms with van der Waals surface area (Å²) < 4.78 is 6.50. The summed E-state index contributed by atoms with van der Waals surface area (Å²) in [6, 6.07) is 13.7. The lowest BCUT2D eigenvalue weighted by Gasteiger charge is -2.08. The predicted molar refractivity (Wildman–Crippen MR) is 136 cm³/mol. The highest BCUT2D eigenvalue weighted by Crippen LogP contribution is 2.30. The molecule has 2 aromatic heterocycles. The van der Waals surface area contributed by atoms with Crippen molar-refractivity contribution in [3.8, 4) is 11.3 Å². The van der Waals surface area contributed by atoms with Crippen LogP contribution < -0.4 is 16.0 Å². The van der Waals surface area contributed by atoms with Crippen molar-refractivity contribution in [1.82, 2.24) is 10.3 Å². The molecule has 0 aliphatic carbocycles. The minimum absolute atomic E-state index is 0.0921. The number of benzene rings is 2. The summed E-state index contributed by atoms with van der Waals surface area (Å²) in [5.74, 6) is -0.0348. The Morgan fingerprint density at radius 2 is 1.88 bits per heavy atom. The fourth-order valence-corrected chi connectivity index (χ4v) is 4.28. The summed E-state index contributed by atoms with van der Waals surface area (Å²) in [5, 5.41) is 9.75. The first-order valence-corrected chi connectivity index (χ1v) is 11.7. The van der Waals surface area contributed by atoms with Gasteiger partial charge in [-0.1, -0.05) is 41.5 Å². The van der Waals surface area contributed by atoms with Gasteiger partial charge in [0.05, 0.1) is 20.3 Å². The van der Waals surface area contributed by atoms with Gasteiger partial charge >= 0.3 is 0 Å². The number of thiazole rings is 1. The number of halogens is 2. The molecule has 3 N–H and O–H groups in total. The molecular weight excluding hydrogens is 503 g/mol. The summed E-state index contributed by atoms with van der Waals surface area (Å²) in [5.41, 5.74) is 2.11. The summed E-state index contributed by atoms with van der Waals surface area (Å²) in [7, 11) is 0. The molecule has 0 fully saturated rings. The van der Waals surface area contributed by atoms with Crippen molar-refractivity contribution in [2.75, 3.05) is 10.6 Å². The molecule has 2 aromatic carbocycles. The molecule has 0 aliphatic heterocycles. The van der Waals surface area contributed by atoms with Crippen molar-refractivity contribution in [2.45, 2.75) is 13.3 Å². The fourth-order valence-electron chi connectivity index (χ4n) is 2.86. The first kappa shape index (κ1) is 23.2. The number of hydrogen-bond donors (Lipinski definition) is 3. The molecule has 0 saturated carbocycles. The lowest BCUT2D eigenvalue weighted by atomic mass is 10.2. The van der Waals surface area contributed by atoms with Crippen molar-refractivity contribution >= 4 is 84.7 Å². The Kier molecular flexibility index (Phi) is 6.94. The number of aromatic nitrogens is 1. The summed E-state index contributed by atoms with van der Waals surface area (Å²) in [6.45, 7) is 1.77. The quantitative estimate of drug-likeness (QED) is 0.267. The molecule has 33 heavy (non-hydrogen) atoms. The van der Waals surface area contributed by atoms with E-state index in [2.05, 4.69) is 20.9 Å². The zero-order valence-electron chi connectivity index (χ0n) is 17.1. The van der Waals surface area contributed by atoms with E-state index in [0.29, 0.717) is 38.6 Å². The van der Waals surface area contributed by atoms with Gasteiger partial charge in [-0.3, -0.25) is 14.9 Å². The lowest BCUT2D eigenvalue weighted by Crippen LogP contribution is -2.33. The van der Waals surface area contributed by atoms with Gasteiger partial charge in [-0.15, -0.1) is 0 Å². The molecule has 0 bridgehead atoms. The normalized spacial score (nSPS) is 10.8. The van der Waals surface area contributed by atoms with Crippen LogP contribution in [0.3, 0.4) is 0 Å². The molecule has 0 unspecified atom stereocenters. The smallest absolute Gasteiger partial charge is 0.293 e. The van der Waals surface area contributed by atoms with Crippen LogP contribution in [0.1, 0.15) is 23.9 Å². The number of amides is 2. The van der Waals surface area contributed by atoms with Crippen LogP contribution in [0.5, 0.6) is 0 Å². The molecular formula is C22H16Cl2N4O3S2. The Bertz CT molecular complexity index is 1380. The van der Waals surface area contributed by atoms with Crippen molar-refractivity contribution in [3.63, 3.8) is 0 Å². The SMILES string of the molecule is CCC(=O)Nc1nc2ccc(NC(=S)NC(=O)c3ccc(-c4ccc(Cl)c(Cl)c4)o3)cc2s1. The summed E-state index contributed by atoms with van der Waals surface area (Å²) in [4.78, 5) is 28.5. The maximum atomic E-state index is 12.5. The maximum Gasteiger partial charge on any atom is 0.293 e. The Hall–Kier alpha value is -2.98. The average molecular weight is 519 g/mol. The van der Waals surface area contributed by atoms with Gasteiger partial charge in [0.25, 0.3) is 5.91 Å². The molecule has 11 heteroatoms. The molecule has 0 atom stereocenters. The van der Waals surface area contributed by atoms with E-state index in [9.17, 15) is 9.59 Å². The molecule has 7 nitrogen and oxygen atoms in total. The van der Waals surface area contributed by atoms with E-state index in [1.165, 1.54) is 11.3 Å². The van der Waals surface area contributed by atoms with E-state index < -0.39 is 5.91 Å². The number of nitrogens with one attached hydrogen (secondary N) is 3. The summed E-state index contributed by atoms with van der Waals surface area (Å²) in [6.07, 6.45) is 0.376. The van der Waals surface area contributed by atoms with Crippen molar-refractivity contribution in [2.24, 2.45) is 0 Å². The van der Waals surface area contributed by atoms with Crippen LogP contribution in [0.15, 0.2) is 52.9 Å². The minimum Gasteiger partial charge on any atom is -0.451 e. The third-order valence-electron chi connectivity index (χ3n) is 4.47. The largest absolute Gasteiger partial charge is 0.451 e. The van der Waals surface area contributed by atoms with E-state index >= 15 is 0 Å². The number of anilines is 2. The standard InChI is InChI=1S/C22H16Cl2N4O3S2/c1-2-19(29)27-22-26-15-6-4-12(10-18(15)33-22)25-21(32)28-20(30)17-8-7-16(31-17)11-3-5-13(23)14(24)9-11/h3-10H,2H2,1H3,(H,26,27,29)(H2,25,28,30,32). The highest BCUT2D eigenvalue weighted by atomic mass is 35.5. The molecule has 0 aliphatic rings. The predicted octanol–water partition coefficient (Wildman–Crippen LogP) is 6.34. The van der Waals surface area contributed by atoms with E-state index in [0.717, 1.165) is 10.2 Å². The molecule has 0 radical (unpaired) electrons. The third-order valence-corrected chi connectivity index (χ3v) is 6.35. The Morgan fingerprint density at radius 3 is 2.64 bits per heavy atom. The zero-order chi connectivity index (χ0) is 23.5. The van der Waals surface area contributed by atoms with Crippen LogP contribution >= 0.6 is 46.8 Å². The van der Waals surface area contributed by atoms with E-state index in [1.807, 2.05) is 6.07 Å². The number of nitrogens with zero attached hydrogens (tertiary/aromatic N) is 1. The number of carbonyl (C=O) groups excluding carboxylic acids is 2. The van der Waals surface area contributed by atoms with Crippen LogP contribution in [0, 0.1) is 0 Å². The first-order valence-electron chi connectivity index (χ1n) is 9.70. The molecule has 0 spiro atoms. The zero-order valence-corrected chi connectivity index (χ0v) is 20.2. The molecule has 4 rings (SSSR count). The second kappa shape index (κ2) is 9.88. The van der Waals surface area contributed by atoms with Crippen LogP contribution in [0.4, 0.5) is 10.8 Å². The monoisotopic (exact) mass is 518 g/mol. The number of carbonyl (C=O) groups is 2. The van der Waals surface area contributed by atoms with Crippen molar-refractivity contribution in [3.05, 3.63) is 64.3 Å². The lowest BCUT2D eigenvalue weighted by molar-refractivity contribution is -0.115. The van der Waals surface area contributed by atoms with Gasteiger partial charge in [-0.25, -0.2) is 4.98 Å². The van der Waals surface area contributed by atoms with Gasteiger partial charge in [-0.2, -0.15) is 0 Å². The number of rotatable bonds is 5. The second-order valence-corrected chi connectivity index (χ2v) is 9.06. The Morgan fingerprint density at radius 1 is 1.06 bits per heavy atom. The van der Waals surface area contributed by atoms with E-state index in [1.54, 1.807) is 49.4 Å². The molecule has 168 valence electrons. The number of thiocarbonyl (C=S) groups is 1. The second-order valence-electron chi connectivity index (χ2n) is 6.80. The number of hydrogen-bond acceptors (Lipinski definition) is 6. The van der Waals surface area contributed by atoms with Gasteiger partial charge in [-0.05, 0) is 60.7 Å². The van der Waals surface area contributed by atoms with E-state index in [-0.39, 0.29) is 16.8 Å². The third kappa shape index (κ3) is 5.51. The van der Waals surface area contributed by atoms with Crippen molar-refractivity contribution in [1.29, 1.82) is 0 Å². The van der Waals surface area contributed by atoms with Gasteiger partial charge in [0.15, 0.2) is 16.0 Å². The topological polar surface area (TPSA) is 96.3 Å². The van der Waals surface area contributed by atoms with Crippen molar-refractivity contribution < 1.29 is 14.0 Å². The van der Waals surface area contributed by atoms with Crippen LogP contribution in [0.2, 0.25) is 10.0 Å². The molecule has 0 saturated heterocycles. The average Bonchev–Trinajstić information content (AvgIpc) is 3.42. The minimum atomic E-state index is -0.498. The van der Waals surface area contributed by atoms with Crippen LogP contribution in [0.25, 0.3) is 21.5 Å². The summed E-state index contributed by atoms with van der Waals surface area (Å²) >= 11 is 18.6. The number of fused-ring (bicyclic) bond motifs is 1. The highest BCUT2D eigenvalue weighted by molar-refractivity contribution is 7.80. The van der Waals surface area contributed by atoms with Gasteiger partial charge in [0.1, 0.15) is 5.76 Å². The molecule has 2 heterocycles. The van der Waals surface area contributed by atoms with Gasteiger partial charge < -0.3 is 15.1 Å². The van der Waals surface area contributed by atoms with Crippen LogP contribution in [-0.4, -0.2) is 21.9 Å². The fraction of sp³-hybridized carbons (Fsp3) is 0.0909. The van der Waals surface area contributed by atoms with Gasteiger partial charge in [0, 0.05) is 17.7 Å². The van der Waals surface area contributed by atoms with Gasteiger partial charge in [0.2, 0.25) is 5.91 Å². The Balaban J connectivity index is 1.40. The Labute approximate surface area is 208 Å². The van der Waals surface area contributed by atoms with Crippen LogP contribution in [-0.2, 0) is 4.79 Å². The number of furan rings is 1. The molecule has 2 amide bonds. The highest BCUT2D eigenvalue weighted by Gasteiger charge is 2.15.